The van der Waals surface area contributed by atoms with Gasteiger partial charge in [-0.25, -0.2) is 0 Å². The highest BCUT2D eigenvalue weighted by atomic mass is 15.0. The van der Waals surface area contributed by atoms with Crippen LogP contribution in [0.5, 0.6) is 0 Å². The van der Waals surface area contributed by atoms with E-state index in [1.165, 1.54) is 6.42 Å². The molecule has 0 aliphatic heterocycles. The lowest BCUT2D eigenvalue weighted by molar-refractivity contribution is -0.521. The SMILES string of the molecule is CCC12C(C)(C)C3(C)C(C)(C)C(C)(C(C)(C)C(C)(C3(C)C)C1(C)C)C2(C)C. The molecule has 158 valence electrons. The zero-order chi connectivity index (χ0) is 21.7. The Balaban J connectivity index is 2.73. The maximum atomic E-state index is 2.69. The zero-order valence-electron chi connectivity index (χ0n) is 21.7. The van der Waals surface area contributed by atoms with Gasteiger partial charge in [0, 0.05) is 0 Å². The lowest BCUT2D eigenvalue weighted by Crippen LogP contribution is -2.94. The molecule has 0 nitrogen and oxygen atoms in total. The first kappa shape index (κ1) is 21.7. The topological polar surface area (TPSA) is 0 Å². The van der Waals surface area contributed by atoms with E-state index >= 15 is 0 Å². The van der Waals surface area contributed by atoms with Crippen molar-refractivity contribution < 1.29 is 0 Å². The van der Waals surface area contributed by atoms with Gasteiger partial charge in [-0.05, 0) is 60.6 Å². The predicted molar refractivity (Wildman–Crippen MR) is 120 cm³/mol. The predicted octanol–water partition coefficient (Wildman–Crippen LogP) is 8.60. The molecule has 0 aromatic carbocycles. The van der Waals surface area contributed by atoms with E-state index in [0.29, 0.717) is 0 Å². The minimum absolute atomic E-state index is 0.231. The molecular weight excluding hydrogens is 324 g/mol. The molecule has 0 unspecified atom stereocenters. The molecule has 27 heavy (non-hydrogen) atoms. The minimum Gasteiger partial charge on any atom is -0.0648 e. The van der Waals surface area contributed by atoms with Crippen LogP contribution >= 0.6 is 0 Å². The summed E-state index contributed by atoms with van der Waals surface area (Å²) in [6, 6.07) is 0. The van der Waals surface area contributed by atoms with Crippen LogP contribution < -0.4 is 0 Å². The van der Waals surface area contributed by atoms with Crippen molar-refractivity contribution in [2.45, 2.75) is 117 Å². The lowest BCUT2D eigenvalue weighted by Gasteiger charge is -2.99. The van der Waals surface area contributed by atoms with Gasteiger partial charge in [-0.3, -0.25) is 0 Å². The van der Waals surface area contributed by atoms with E-state index in [1.807, 2.05) is 0 Å². The molecule has 0 amide bonds. The van der Waals surface area contributed by atoms with E-state index < -0.39 is 0 Å². The average Bonchev–Trinajstić information content (AvgIpc) is 2.48. The van der Waals surface area contributed by atoms with Gasteiger partial charge in [0.05, 0.1) is 0 Å². The third-order valence-electron chi connectivity index (χ3n) is 15.0. The first-order chi connectivity index (χ1) is 11.6. The van der Waals surface area contributed by atoms with Crippen LogP contribution in [-0.4, -0.2) is 0 Å². The van der Waals surface area contributed by atoms with Crippen LogP contribution in [0.4, 0.5) is 0 Å². The fourth-order valence-corrected chi connectivity index (χ4v) is 13.5. The van der Waals surface area contributed by atoms with Gasteiger partial charge >= 0.3 is 0 Å². The Morgan fingerprint density at radius 2 is 0.519 bits per heavy atom. The van der Waals surface area contributed by atoms with E-state index in [0.717, 1.165) is 0 Å². The Kier molecular flexibility index (Phi) is 3.51. The largest absolute Gasteiger partial charge is 0.0648 e. The summed E-state index contributed by atoms with van der Waals surface area (Å²) in [5, 5.41) is 0. The molecule has 0 aromatic heterocycles. The van der Waals surface area contributed by atoms with Crippen molar-refractivity contribution in [3.05, 3.63) is 0 Å². The molecule has 4 aliphatic carbocycles. The van der Waals surface area contributed by atoms with Crippen molar-refractivity contribution in [1.82, 2.24) is 0 Å². The van der Waals surface area contributed by atoms with Gasteiger partial charge in [-0.2, -0.15) is 0 Å². The van der Waals surface area contributed by atoms with Crippen LogP contribution in [0.3, 0.4) is 0 Å². The van der Waals surface area contributed by atoms with Crippen LogP contribution in [0.1, 0.15) is 117 Å². The monoisotopic (exact) mass is 374 g/mol. The molecule has 4 aliphatic rings. The Hall–Kier alpha value is 0. The first-order valence-electron chi connectivity index (χ1n) is 11.6. The van der Waals surface area contributed by atoms with Gasteiger partial charge < -0.3 is 0 Å². The van der Waals surface area contributed by atoms with E-state index in [1.54, 1.807) is 0 Å². The highest BCUT2D eigenvalue weighted by Crippen LogP contribution is 3.01. The molecule has 0 spiro atoms. The van der Waals surface area contributed by atoms with Gasteiger partial charge in [0.1, 0.15) is 0 Å². The van der Waals surface area contributed by atoms with Crippen LogP contribution in [0.15, 0.2) is 0 Å². The molecule has 4 saturated carbocycles. The maximum Gasteiger partial charge on any atom is -0.0130 e. The Morgan fingerprint density at radius 1 is 0.333 bits per heavy atom. The molecule has 0 atom stereocenters. The number of rotatable bonds is 1. The van der Waals surface area contributed by atoms with Crippen molar-refractivity contribution in [2.75, 3.05) is 0 Å². The van der Waals surface area contributed by atoms with Crippen LogP contribution in [0, 0.1) is 54.1 Å². The Morgan fingerprint density at radius 3 is 0.667 bits per heavy atom. The molecule has 0 aromatic rings. The number of hydrogen-bond acceptors (Lipinski definition) is 0. The van der Waals surface area contributed by atoms with E-state index in [2.05, 4.69) is 111 Å². The summed E-state index contributed by atoms with van der Waals surface area (Å²) in [6.45, 7) is 42.3. The fourth-order valence-electron chi connectivity index (χ4n) is 13.5. The van der Waals surface area contributed by atoms with Gasteiger partial charge in [-0.1, -0.05) is 111 Å². The highest BCUT2D eigenvalue weighted by molar-refractivity contribution is 5.43. The fraction of sp³-hybridized carbons (Fsp3) is 1.00. The van der Waals surface area contributed by atoms with Gasteiger partial charge in [0.15, 0.2) is 0 Å². The van der Waals surface area contributed by atoms with Crippen LogP contribution in [0.25, 0.3) is 0 Å². The van der Waals surface area contributed by atoms with Crippen molar-refractivity contribution >= 4 is 0 Å². The van der Waals surface area contributed by atoms with E-state index in [-0.39, 0.29) is 54.1 Å². The molecule has 0 N–H and O–H groups in total. The molecule has 0 saturated heterocycles. The number of hydrogen-bond donors (Lipinski definition) is 0. The lowest BCUT2D eigenvalue weighted by atomic mass is 9.05. The van der Waals surface area contributed by atoms with Crippen LogP contribution in [0.2, 0.25) is 0 Å². The van der Waals surface area contributed by atoms with Crippen molar-refractivity contribution in [2.24, 2.45) is 54.1 Å². The molecule has 4 rings (SSSR count). The molecule has 0 heteroatoms. The summed E-state index contributed by atoms with van der Waals surface area (Å²) in [4.78, 5) is 0. The smallest absolute Gasteiger partial charge is 0.0130 e. The standard InChI is InChI=1S/C27H50/c1-17-27-21(8,9)24(14)18(2,3)25(15,22(27,10)11)20(6,7)26(16,19(24,4)5)23(27,12)13/h17H2,1-16H3. The maximum absolute atomic E-state index is 2.69. The first-order valence-corrected chi connectivity index (χ1v) is 11.6. The van der Waals surface area contributed by atoms with Gasteiger partial charge in [-0.15, -0.1) is 0 Å². The van der Waals surface area contributed by atoms with Gasteiger partial charge in [0.2, 0.25) is 0 Å². The third kappa shape index (κ3) is 1.22. The van der Waals surface area contributed by atoms with E-state index in [9.17, 15) is 0 Å². The zero-order valence-corrected chi connectivity index (χ0v) is 21.7. The third-order valence-corrected chi connectivity index (χ3v) is 15.0. The van der Waals surface area contributed by atoms with E-state index in [4.69, 9.17) is 0 Å². The minimum atomic E-state index is 0.231. The summed E-state index contributed by atoms with van der Waals surface area (Å²) < 4.78 is 0. The Bertz CT molecular complexity index is 580. The normalized spacial score (nSPS) is 52.0. The molecule has 4 bridgehead atoms. The van der Waals surface area contributed by atoms with Crippen molar-refractivity contribution in [1.29, 1.82) is 0 Å². The molecule has 0 heterocycles. The van der Waals surface area contributed by atoms with Crippen molar-refractivity contribution in [3.63, 3.8) is 0 Å². The molecule has 4 fully saturated rings. The van der Waals surface area contributed by atoms with Crippen molar-refractivity contribution in [3.8, 4) is 0 Å². The molecule has 0 radical (unpaired) electrons. The quantitative estimate of drug-likeness (QED) is 0.431. The van der Waals surface area contributed by atoms with Gasteiger partial charge in [0.25, 0.3) is 0 Å². The summed E-state index contributed by atoms with van der Waals surface area (Å²) in [5.74, 6) is 0. The second kappa shape index (κ2) is 4.37. The molecular formula is C27H50. The summed E-state index contributed by atoms with van der Waals surface area (Å²) in [6.07, 6.45) is 1.27. The second-order valence-electron chi connectivity index (χ2n) is 14.4. The highest BCUT2D eigenvalue weighted by Gasteiger charge is 2.96. The summed E-state index contributed by atoms with van der Waals surface area (Å²) in [7, 11) is 0. The Labute approximate surface area is 171 Å². The second-order valence-corrected chi connectivity index (χ2v) is 14.4. The van der Waals surface area contributed by atoms with Crippen LogP contribution in [-0.2, 0) is 0 Å². The summed E-state index contributed by atoms with van der Waals surface area (Å²) in [5.41, 5.74) is 2.43. The average molecular weight is 375 g/mol. The summed E-state index contributed by atoms with van der Waals surface area (Å²) >= 11 is 0.